The Hall–Kier alpha value is 1.10. The molecule has 0 aliphatic carbocycles. The fourth-order valence-electron chi connectivity index (χ4n) is 2.89. The Balaban J connectivity index is -0.00000288. The number of aliphatic hydroxyl groups excluding tert-OH is 1. The number of carbonyl (C=O) groups is 2. The number of rotatable bonds is 17. The van der Waals surface area contributed by atoms with Crippen LogP contribution in [-0.2, 0) is 14.3 Å². The van der Waals surface area contributed by atoms with Gasteiger partial charge in [-0.15, -0.1) is 0 Å². The Morgan fingerprint density at radius 1 is 0.704 bits per heavy atom. The molecule has 0 rings (SSSR count). The van der Waals surface area contributed by atoms with Crippen molar-refractivity contribution < 1.29 is 19.4 Å². The summed E-state index contributed by atoms with van der Waals surface area (Å²) in [4.78, 5) is 22.4. The van der Waals surface area contributed by atoms with Crippen molar-refractivity contribution in [1.82, 2.24) is 0 Å². The topological polar surface area (TPSA) is 63.6 Å². The Kier molecular flexibility index (Phi) is 30.5. The maximum atomic E-state index is 11.3. The molecule has 0 aromatic carbocycles. The summed E-state index contributed by atoms with van der Waals surface area (Å²) in [5.41, 5.74) is 0. The number of hydrogen-bond donors (Lipinski definition) is 1. The molecule has 0 amide bonds. The van der Waals surface area contributed by atoms with Gasteiger partial charge in [-0.05, 0) is 13.3 Å². The molecule has 0 saturated heterocycles. The Labute approximate surface area is 211 Å². The van der Waals surface area contributed by atoms with Crippen molar-refractivity contribution in [3.05, 3.63) is 0 Å². The summed E-state index contributed by atoms with van der Waals surface area (Å²) in [6.07, 6.45) is 18.2. The predicted octanol–water partition coefficient (Wildman–Crippen LogP) is 4.40. The van der Waals surface area contributed by atoms with Crippen LogP contribution in [0.5, 0.6) is 0 Å². The van der Waals surface area contributed by atoms with Crippen molar-refractivity contribution in [3.8, 4) is 0 Å². The zero-order chi connectivity index (χ0) is 18.8. The van der Waals surface area contributed by atoms with Crippen LogP contribution in [0.3, 0.4) is 0 Å². The van der Waals surface area contributed by atoms with E-state index in [0.29, 0.717) is 0 Å². The minimum atomic E-state index is -1.23. The second kappa shape index (κ2) is 25.1. The van der Waals surface area contributed by atoms with Crippen molar-refractivity contribution in [2.75, 3.05) is 0 Å². The van der Waals surface area contributed by atoms with Gasteiger partial charge < -0.3 is 9.84 Å². The molecule has 0 bridgehead atoms. The molecule has 0 aromatic rings. The molecule has 0 aliphatic rings. The van der Waals surface area contributed by atoms with Gasteiger partial charge in [0.25, 0.3) is 0 Å². The molecular formula is C21H42Na2O4. The van der Waals surface area contributed by atoms with Crippen LogP contribution in [0.25, 0.3) is 0 Å². The average Bonchev–Trinajstić information content (AvgIpc) is 2.58. The van der Waals surface area contributed by atoms with E-state index in [1.807, 2.05) is 0 Å². The van der Waals surface area contributed by atoms with Crippen molar-refractivity contribution in [3.63, 3.8) is 0 Å². The van der Waals surface area contributed by atoms with Gasteiger partial charge in [0, 0.05) is 6.42 Å². The van der Waals surface area contributed by atoms with Crippen LogP contribution in [0, 0.1) is 0 Å². The molecule has 0 radical (unpaired) electrons. The molecular weight excluding hydrogens is 362 g/mol. The Morgan fingerprint density at radius 3 is 1.37 bits per heavy atom. The molecule has 1 unspecified atom stereocenters. The van der Waals surface area contributed by atoms with Gasteiger partial charge in [0.05, 0.1) is 0 Å². The van der Waals surface area contributed by atoms with E-state index >= 15 is 0 Å². The van der Waals surface area contributed by atoms with E-state index in [1.54, 1.807) is 0 Å². The molecule has 27 heavy (non-hydrogen) atoms. The second-order valence-corrected chi connectivity index (χ2v) is 7.17. The number of hydrogen-bond acceptors (Lipinski definition) is 4. The van der Waals surface area contributed by atoms with Gasteiger partial charge in [0.15, 0.2) is 0 Å². The first kappa shape index (κ1) is 32.8. The zero-order valence-electron chi connectivity index (χ0n) is 16.6. The van der Waals surface area contributed by atoms with Gasteiger partial charge in [-0.1, -0.05) is 96.8 Å². The first-order valence-electron chi connectivity index (χ1n) is 10.5. The van der Waals surface area contributed by atoms with Crippen LogP contribution < -0.4 is 0 Å². The summed E-state index contributed by atoms with van der Waals surface area (Å²) in [6.45, 7) is 3.55. The SMILES string of the molecule is CCCCCCCCCCCCCCCCCC(=O)OC(=O)C(C)O.[NaH].[NaH]. The summed E-state index contributed by atoms with van der Waals surface area (Å²) < 4.78 is 4.50. The summed E-state index contributed by atoms with van der Waals surface area (Å²) in [6, 6.07) is 0. The molecule has 0 aromatic heterocycles. The van der Waals surface area contributed by atoms with Crippen molar-refractivity contribution >= 4 is 71.1 Å². The van der Waals surface area contributed by atoms with Gasteiger partial charge in [-0.25, -0.2) is 4.79 Å². The number of aliphatic hydroxyl groups is 1. The Bertz CT molecular complexity index is 336. The van der Waals surface area contributed by atoms with Crippen LogP contribution in [-0.4, -0.2) is 82.3 Å². The fraction of sp³-hybridized carbons (Fsp3) is 0.905. The van der Waals surface area contributed by atoms with Crippen LogP contribution in [0.1, 0.15) is 117 Å². The van der Waals surface area contributed by atoms with Crippen molar-refractivity contribution in [1.29, 1.82) is 0 Å². The van der Waals surface area contributed by atoms with E-state index in [0.717, 1.165) is 19.3 Å². The third-order valence-electron chi connectivity index (χ3n) is 4.54. The molecule has 0 fully saturated rings. The van der Waals surface area contributed by atoms with Gasteiger partial charge in [0.1, 0.15) is 6.10 Å². The van der Waals surface area contributed by atoms with Crippen LogP contribution in [0.2, 0.25) is 0 Å². The van der Waals surface area contributed by atoms with Crippen molar-refractivity contribution in [2.24, 2.45) is 0 Å². The first-order valence-corrected chi connectivity index (χ1v) is 10.5. The van der Waals surface area contributed by atoms with E-state index in [9.17, 15) is 9.59 Å². The normalized spacial score (nSPS) is 11.2. The van der Waals surface area contributed by atoms with Crippen LogP contribution >= 0.6 is 0 Å². The van der Waals surface area contributed by atoms with E-state index in [4.69, 9.17) is 5.11 Å². The maximum absolute atomic E-state index is 11.3. The van der Waals surface area contributed by atoms with E-state index < -0.39 is 18.0 Å². The van der Waals surface area contributed by atoms with Gasteiger partial charge in [-0.3, -0.25) is 4.79 Å². The second-order valence-electron chi connectivity index (χ2n) is 7.17. The molecule has 0 saturated carbocycles. The van der Waals surface area contributed by atoms with E-state index in [1.165, 1.54) is 84.0 Å². The van der Waals surface area contributed by atoms with E-state index in [2.05, 4.69) is 11.7 Å². The quantitative estimate of drug-likeness (QED) is 0.169. The minimum absolute atomic E-state index is 0. The third-order valence-corrected chi connectivity index (χ3v) is 4.54. The van der Waals surface area contributed by atoms with Crippen LogP contribution in [0.4, 0.5) is 0 Å². The molecule has 4 nitrogen and oxygen atoms in total. The predicted molar refractivity (Wildman–Crippen MR) is 117 cm³/mol. The summed E-state index contributed by atoms with van der Waals surface area (Å²) in [5, 5.41) is 8.95. The number of carbonyl (C=O) groups excluding carboxylic acids is 2. The van der Waals surface area contributed by atoms with Gasteiger partial charge in [0.2, 0.25) is 0 Å². The Morgan fingerprint density at radius 2 is 1.04 bits per heavy atom. The molecule has 1 atom stereocenters. The van der Waals surface area contributed by atoms with E-state index in [-0.39, 0.29) is 65.5 Å². The van der Waals surface area contributed by atoms with Crippen LogP contribution in [0.15, 0.2) is 0 Å². The standard InChI is InChI=1S/C21H40O4.2Na.2H/c1-3-4-5-6-7-8-9-10-11-12-13-14-15-16-17-18-20(23)25-21(24)19(2)22;;;;/h19,22H,3-18H2,1-2H3;;;;. The average molecular weight is 405 g/mol. The van der Waals surface area contributed by atoms with Crippen molar-refractivity contribution in [2.45, 2.75) is 123 Å². The molecule has 0 heterocycles. The monoisotopic (exact) mass is 404 g/mol. The van der Waals surface area contributed by atoms with Gasteiger partial charge in [-0.2, -0.15) is 0 Å². The van der Waals surface area contributed by atoms with Gasteiger partial charge >= 0.3 is 71.1 Å². The number of ether oxygens (including phenoxy) is 1. The molecule has 6 heteroatoms. The summed E-state index contributed by atoms with van der Waals surface area (Å²) in [7, 11) is 0. The fourth-order valence-corrected chi connectivity index (χ4v) is 2.89. The summed E-state index contributed by atoms with van der Waals surface area (Å²) in [5.74, 6) is -1.38. The molecule has 0 spiro atoms. The first-order chi connectivity index (χ1) is 12.1. The molecule has 1 N–H and O–H groups in total. The summed E-state index contributed by atoms with van der Waals surface area (Å²) >= 11 is 0. The number of unbranched alkanes of at least 4 members (excludes halogenated alkanes) is 14. The molecule has 0 aliphatic heterocycles. The zero-order valence-corrected chi connectivity index (χ0v) is 16.6. The molecule has 152 valence electrons. The third kappa shape index (κ3) is 25.1. The number of esters is 2.